The normalized spacial score (nSPS) is 14.8. The number of aromatic nitrogens is 1. The molecule has 0 unspecified atom stereocenters. The largest absolute Gasteiger partial charge is 0.368 e. The number of H-pyrrole nitrogens is 1. The Labute approximate surface area is 142 Å². The molecule has 0 atom stereocenters. The molecule has 1 aliphatic heterocycles. The smallest absolute Gasteiger partial charge is 0.270 e. The summed E-state index contributed by atoms with van der Waals surface area (Å²) in [6, 6.07) is 9.70. The van der Waals surface area contributed by atoms with Crippen LogP contribution in [0.15, 0.2) is 30.3 Å². The summed E-state index contributed by atoms with van der Waals surface area (Å²) in [5.74, 6) is -0.100. The molecule has 1 saturated heterocycles. The highest BCUT2D eigenvalue weighted by atomic mass is 16.2. The quantitative estimate of drug-likeness (QED) is 0.883. The van der Waals surface area contributed by atoms with E-state index in [0.717, 1.165) is 13.1 Å². The third-order valence-electron chi connectivity index (χ3n) is 4.78. The molecule has 1 aromatic carbocycles. The second-order valence-electron chi connectivity index (χ2n) is 6.34. The number of benzene rings is 1. The van der Waals surface area contributed by atoms with Crippen LogP contribution in [-0.4, -0.2) is 47.8 Å². The van der Waals surface area contributed by atoms with Crippen molar-refractivity contribution >= 4 is 17.4 Å². The molecule has 0 spiro atoms. The lowest BCUT2D eigenvalue weighted by Crippen LogP contribution is -2.49. The molecule has 1 N–H and O–H groups in total. The van der Waals surface area contributed by atoms with Crippen molar-refractivity contribution in [3.05, 3.63) is 52.8 Å². The summed E-state index contributed by atoms with van der Waals surface area (Å²) in [6.07, 6.45) is 0. The molecule has 1 aromatic heterocycles. The van der Waals surface area contributed by atoms with Gasteiger partial charge in [0.05, 0.1) is 5.69 Å². The van der Waals surface area contributed by atoms with Crippen LogP contribution in [0.3, 0.4) is 0 Å². The lowest BCUT2D eigenvalue weighted by atomic mass is 10.1. The van der Waals surface area contributed by atoms with E-state index in [-0.39, 0.29) is 11.7 Å². The number of amides is 1. The number of anilines is 1. The first-order valence-electron chi connectivity index (χ1n) is 8.28. The van der Waals surface area contributed by atoms with E-state index < -0.39 is 0 Å². The number of hydrogen-bond donors (Lipinski definition) is 1. The highest BCUT2D eigenvalue weighted by molar-refractivity contribution is 5.97. The molecule has 1 fully saturated rings. The minimum Gasteiger partial charge on any atom is -0.368 e. The summed E-state index contributed by atoms with van der Waals surface area (Å²) < 4.78 is 0. The van der Waals surface area contributed by atoms with E-state index in [9.17, 15) is 9.59 Å². The van der Waals surface area contributed by atoms with E-state index in [2.05, 4.69) is 41.9 Å². The molecule has 0 aliphatic carbocycles. The van der Waals surface area contributed by atoms with Gasteiger partial charge in [0.1, 0.15) is 5.69 Å². The fourth-order valence-corrected chi connectivity index (χ4v) is 3.12. The summed E-state index contributed by atoms with van der Waals surface area (Å²) in [7, 11) is 0. The molecule has 0 saturated carbocycles. The van der Waals surface area contributed by atoms with Gasteiger partial charge in [-0.15, -0.1) is 0 Å². The maximum Gasteiger partial charge on any atom is 0.270 e. The number of piperazine rings is 1. The lowest BCUT2D eigenvalue weighted by Gasteiger charge is -2.36. The van der Waals surface area contributed by atoms with Crippen molar-refractivity contribution in [1.82, 2.24) is 9.88 Å². The highest BCUT2D eigenvalue weighted by Gasteiger charge is 2.24. The van der Waals surface area contributed by atoms with Crippen molar-refractivity contribution in [3.8, 4) is 0 Å². The number of nitrogens with one attached hydrogen (secondary N) is 1. The Morgan fingerprint density at radius 1 is 0.958 bits per heavy atom. The van der Waals surface area contributed by atoms with Crippen LogP contribution >= 0.6 is 0 Å². The Morgan fingerprint density at radius 2 is 1.62 bits per heavy atom. The van der Waals surface area contributed by atoms with Crippen LogP contribution in [0.2, 0.25) is 0 Å². The van der Waals surface area contributed by atoms with Gasteiger partial charge in [-0.25, -0.2) is 0 Å². The van der Waals surface area contributed by atoms with Gasteiger partial charge in [0, 0.05) is 38.8 Å². The third kappa shape index (κ3) is 3.07. The van der Waals surface area contributed by atoms with Crippen molar-refractivity contribution in [2.75, 3.05) is 31.1 Å². The minimum absolute atomic E-state index is 0.0388. The van der Waals surface area contributed by atoms with E-state index in [1.807, 2.05) is 4.90 Å². The number of nitrogens with zero attached hydrogens (tertiary/aromatic N) is 2. The summed E-state index contributed by atoms with van der Waals surface area (Å²) in [5.41, 5.74) is 4.80. The Balaban J connectivity index is 1.67. The van der Waals surface area contributed by atoms with Crippen LogP contribution < -0.4 is 4.90 Å². The van der Waals surface area contributed by atoms with E-state index in [1.54, 1.807) is 12.1 Å². The first kappa shape index (κ1) is 16.3. The number of aromatic amines is 1. The molecule has 1 aliphatic rings. The molecular weight excluding hydrogens is 302 g/mol. The molecule has 126 valence electrons. The first-order valence-corrected chi connectivity index (χ1v) is 8.28. The van der Waals surface area contributed by atoms with Gasteiger partial charge in [-0.1, -0.05) is 12.1 Å². The van der Waals surface area contributed by atoms with Crippen LogP contribution in [-0.2, 0) is 0 Å². The fourth-order valence-electron chi connectivity index (χ4n) is 3.12. The molecule has 0 radical (unpaired) electrons. The number of hydrogen-bond acceptors (Lipinski definition) is 3. The van der Waals surface area contributed by atoms with E-state index >= 15 is 0 Å². The van der Waals surface area contributed by atoms with Crippen molar-refractivity contribution < 1.29 is 9.59 Å². The number of Topliss-reactive ketones (excluding diaryl/α,β-unsaturated/α-hetero) is 1. The number of carbonyl (C=O) groups excluding carboxylic acids is 2. The van der Waals surface area contributed by atoms with Crippen LogP contribution in [0, 0.1) is 13.8 Å². The zero-order chi connectivity index (χ0) is 17.3. The third-order valence-corrected chi connectivity index (χ3v) is 4.78. The van der Waals surface area contributed by atoms with E-state index in [4.69, 9.17) is 0 Å². The average molecular weight is 325 g/mol. The maximum absolute atomic E-state index is 12.6. The zero-order valence-electron chi connectivity index (χ0n) is 14.4. The van der Waals surface area contributed by atoms with Gasteiger partial charge >= 0.3 is 0 Å². The van der Waals surface area contributed by atoms with Gasteiger partial charge in [0.25, 0.3) is 5.91 Å². The molecule has 2 heterocycles. The van der Waals surface area contributed by atoms with Crippen LogP contribution in [0.5, 0.6) is 0 Å². The fraction of sp³-hybridized carbons (Fsp3) is 0.368. The zero-order valence-corrected chi connectivity index (χ0v) is 14.4. The summed E-state index contributed by atoms with van der Waals surface area (Å²) in [4.78, 5) is 31.0. The summed E-state index contributed by atoms with van der Waals surface area (Å²) in [6.45, 7) is 8.75. The molecule has 5 heteroatoms. The molecule has 5 nitrogen and oxygen atoms in total. The molecule has 3 rings (SSSR count). The minimum atomic E-state index is -0.0613. The Kier molecular flexibility index (Phi) is 4.42. The lowest BCUT2D eigenvalue weighted by molar-refractivity contribution is 0.0741. The molecule has 24 heavy (non-hydrogen) atoms. The second kappa shape index (κ2) is 6.51. The van der Waals surface area contributed by atoms with Crippen LogP contribution in [0.25, 0.3) is 0 Å². The SMILES string of the molecule is CC(=O)c1ccc(C(=O)N2CCN(c3cccc(C)c3C)CC2)[nH]1. The first-order chi connectivity index (χ1) is 11.5. The Hall–Kier alpha value is -2.56. The predicted molar refractivity (Wildman–Crippen MR) is 94.8 cm³/mol. The average Bonchev–Trinajstić information content (AvgIpc) is 3.07. The number of aryl methyl sites for hydroxylation is 1. The van der Waals surface area contributed by atoms with Crippen molar-refractivity contribution in [2.45, 2.75) is 20.8 Å². The highest BCUT2D eigenvalue weighted by Crippen LogP contribution is 2.24. The van der Waals surface area contributed by atoms with Gasteiger partial charge in [0.2, 0.25) is 0 Å². The van der Waals surface area contributed by atoms with Crippen molar-refractivity contribution in [2.24, 2.45) is 0 Å². The summed E-state index contributed by atoms with van der Waals surface area (Å²) in [5, 5.41) is 0. The van der Waals surface area contributed by atoms with Crippen LogP contribution in [0.4, 0.5) is 5.69 Å². The second-order valence-corrected chi connectivity index (χ2v) is 6.34. The van der Waals surface area contributed by atoms with Gasteiger partial charge in [0.15, 0.2) is 5.78 Å². The molecular formula is C19H23N3O2. The van der Waals surface area contributed by atoms with Crippen molar-refractivity contribution in [1.29, 1.82) is 0 Å². The number of ketones is 1. The molecule has 0 bridgehead atoms. The van der Waals surface area contributed by atoms with Gasteiger partial charge in [-0.2, -0.15) is 0 Å². The van der Waals surface area contributed by atoms with Gasteiger partial charge in [-0.3, -0.25) is 9.59 Å². The maximum atomic E-state index is 12.6. The summed E-state index contributed by atoms with van der Waals surface area (Å²) >= 11 is 0. The van der Waals surface area contributed by atoms with Gasteiger partial charge in [-0.05, 0) is 43.2 Å². The van der Waals surface area contributed by atoms with Gasteiger partial charge < -0.3 is 14.8 Å². The topological polar surface area (TPSA) is 56.4 Å². The standard InChI is InChI=1S/C19H23N3O2/c1-13-5-4-6-18(14(13)2)21-9-11-22(12-10-21)19(24)17-8-7-16(20-17)15(3)23/h4-8,20H,9-12H2,1-3H3. The Bertz CT molecular complexity index is 771. The molecule has 1 amide bonds. The number of rotatable bonds is 3. The molecule has 2 aromatic rings. The monoisotopic (exact) mass is 325 g/mol. The van der Waals surface area contributed by atoms with E-state index in [0.29, 0.717) is 24.5 Å². The van der Waals surface area contributed by atoms with Crippen molar-refractivity contribution in [3.63, 3.8) is 0 Å². The van der Waals surface area contributed by atoms with Crippen LogP contribution in [0.1, 0.15) is 39.0 Å². The predicted octanol–water partition coefficient (Wildman–Crippen LogP) is 2.80. The Morgan fingerprint density at radius 3 is 2.25 bits per heavy atom. The van der Waals surface area contributed by atoms with E-state index in [1.165, 1.54) is 23.7 Å². The number of carbonyl (C=O) groups is 2.